The van der Waals surface area contributed by atoms with Gasteiger partial charge in [0.05, 0.1) is 24.9 Å². The molecule has 0 spiro atoms. The zero-order chi connectivity index (χ0) is 12.5. The smallest absolute Gasteiger partial charge is 0.336 e. The second kappa shape index (κ2) is 4.58. The highest BCUT2D eigenvalue weighted by Crippen LogP contribution is 2.41. The SMILES string of the molecule is COC(=O)C1=C(c2ccccc2)CC2CC[C@@H]1O2. The quantitative estimate of drug-likeness (QED) is 0.750. The Kier molecular flexibility index (Phi) is 2.92. The van der Waals surface area contributed by atoms with Gasteiger partial charge in [-0.25, -0.2) is 4.79 Å². The number of rotatable bonds is 2. The molecule has 18 heavy (non-hydrogen) atoms. The van der Waals surface area contributed by atoms with Gasteiger partial charge >= 0.3 is 5.97 Å². The summed E-state index contributed by atoms with van der Waals surface area (Å²) in [7, 11) is 1.43. The maximum Gasteiger partial charge on any atom is 0.336 e. The van der Waals surface area contributed by atoms with E-state index in [0.717, 1.165) is 36.0 Å². The highest BCUT2D eigenvalue weighted by Gasteiger charge is 2.39. The Bertz CT molecular complexity index is 490. The van der Waals surface area contributed by atoms with Crippen LogP contribution in [-0.2, 0) is 14.3 Å². The Morgan fingerprint density at radius 1 is 1.28 bits per heavy atom. The summed E-state index contributed by atoms with van der Waals surface area (Å²) in [6.45, 7) is 0. The summed E-state index contributed by atoms with van der Waals surface area (Å²) in [5.74, 6) is -0.251. The van der Waals surface area contributed by atoms with Gasteiger partial charge in [-0.2, -0.15) is 0 Å². The lowest BCUT2D eigenvalue weighted by Gasteiger charge is -2.26. The lowest BCUT2D eigenvalue weighted by molar-refractivity contribution is -0.137. The first-order chi connectivity index (χ1) is 8.79. The van der Waals surface area contributed by atoms with Crippen LogP contribution in [0.15, 0.2) is 35.9 Å². The van der Waals surface area contributed by atoms with Crippen LogP contribution in [0.1, 0.15) is 24.8 Å². The van der Waals surface area contributed by atoms with Crippen LogP contribution in [-0.4, -0.2) is 25.3 Å². The monoisotopic (exact) mass is 244 g/mol. The molecule has 0 amide bonds. The second-order valence-electron chi connectivity index (χ2n) is 4.78. The van der Waals surface area contributed by atoms with Gasteiger partial charge in [-0.15, -0.1) is 0 Å². The molecule has 0 aliphatic carbocycles. The number of hydrogen-bond acceptors (Lipinski definition) is 3. The fraction of sp³-hybridized carbons (Fsp3) is 0.400. The Morgan fingerprint density at radius 3 is 2.78 bits per heavy atom. The Balaban J connectivity index is 2.09. The van der Waals surface area contributed by atoms with Gasteiger partial charge in [0.1, 0.15) is 0 Å². The molecule has 0 radical (unpaired) electrons. The summed E-state index contributed by atoms with van der Waals surface area (Å²) in [6, 6.07) is 10.1. The molecule has 3 rings (SSSR count). The summed E-state index contributed by atoms with van der Waals surface area (Å²) >= 11 is 0. The average molecular weight is 244 g/mol. The number of methoxy groups -OCH3 is 1. The molecule has 1 aromatic carbocycles. The molecule has 1 fully saturated rings. The number of hydrogen-bond donors (Lipinski definition) is 0. The van der Waals surface area contributed by atoms with Gasteiger partial charge in [0.15, 0.2) is 0 Å². The summed E-state index contributed by atoms with van der Waals surface area (Å²) in [5.41, 5.74) is 2.93. The molecule has 1 saturated heterocycles. The van der Waals surface area contributed by atoms with Crippen molar-refractivity contribution in [2.24, 2.45) is 0 Å². The number of benzene rings is 1. The highest BCUT2D eigenvalue weighted by molar-refractivity contribution is 5.99. The Hall–Kier alpha value is -1.61. The van der Waals surface area contributed by atoms with Crippen molar-refractivity contribution in [3.63, 3.8) is 0 Å². The summed E-state index contributed by atoms with van der Waals surface area (Å²) < 4.78 is 10.7. The predicted octanol–water partition coefficient (Wildman–Crippen LogP) is 2.56. The zero-order valence-electron chi connectivity index (χ0n) is 10.4. The van der Waals surface area contributed by atoms with Gasteiger partial charge in [0, 0.05) is 0 Å². The minimum absolute atomic E-state index is 0.0774. The molecular formula is C15H16O3. The van der Waals surface area contributed by atoms with Gasteiger partial charge in [-0.05, 0) is 30.4 Å². The van der Waals surface area contributed by atoms with E-state index in [4.69, 9.17) is 9.47 Å². The molecule has 2 atom stereocenters. The lowest BCUT2D eigenvalue weighted by Crippen LogP contribution is -2.26. The van der Waals surface area contributed by atoms with E-state index in [1.807, 2.05) is 30.3 Å². The van der Waals surface area contributed by atoms with Crippen LogP contribution in [0.5, 0.6) is 0 Å². The summed E-state index contributed by atoms with van der Waals surface area (Å²) in [4.78, 5) is 12.0. The Labute approximate surface area is 106 Å². The number of fused-ring (bicyclic) bond motifs is 2. The minimum Gasteiger partial charge on any atom is -0.466 e. The first-order valence-electron chi connectivity index (χ1n) is 6.32. The van der Waals surface area contributed by atoms with E-state index in [9.17, 15) is 4.79 Å². The van der Waals surface area contributed by atoms with E-state index < -0.39 is 0 Å². The van der Waals surface area contributed by atoms with Crippen LogP contribution in [0, 0.1) is 0 Å². The van der Waals surface area contributed by atoms with Crippen LogP contribution in [0.25, 0.3) is 5.57 Å². The molecule has 3 heteroatoms. The van der Waals surface area contributed by atoms with Crippen LogP contribution in [0.3, 0.4) is 0 Å². The van der Waals surface area contributed by atoms with Crippen LogP contribution < -0.4 is 0 Å². The third kappa shape index (κ3) is 1.85. The maximum atomic E-state index is 12.0. The number of carbonyl (C=O) groups is 1. The summed E-state index contributed by atoms with van der Waals surface area (Å²) in [5, 5.41) is 0. The maximum absolute atomic E-state index is 12.0. The molecule has 94 valence electrons. The number of ether oxygens (including phenoxy) is 2. The van der Waals surface area contributed by atoms with Crippen molar-refractivity contribution in [2.75, 3.05) is 7.11 Å². The largest absolute Gasteiger partial charge is 0.466 e. The molecule has 2 heterocycles. The average Bonchev–Trinajstić information content (AvgIpc) is 2.80. The number of carbonyl (C=O) groups excluding carboxylic acids is 1. The van der Waals surface area contributed by atoms with E-state index in [-0.39, 0.29) is 18.2 Å². The van der Waals surface area contributed by atoms with E-state index in [2.05, 4.69) is 0 Å². The molecule has 0 N–H and O–H groups in total. The third-order valence-electron chi connectivity index (χ3n) is 3.71. The van der Waals surface area contributed by atoms with E-state index in [1.165, 1.54) is 7.11 Å². The van der Waals surface area contributed by atoms with Crippen molar-refractivity contribution < 1.29 is 14.3 Å². The fourth-order valence-electron chi connectivity index (χ4n) is 2.88. The standard InChI is InChI=1S/C15H16O3/c1-17-15(16)14-12(10-5-3-2-4-6-10)9-11-7-8-13(14)18-11/h2-6,11,13H,7-9H2,1H3/t11?,13-/m0/s1. The summed E-state index contributed by atoms with van der Waals surface area (Å²) in [6.07, 6.45) is 2.95. The van der Waals surface area contributed by atoms with E-state index >= 15 is 0 Å². The molecule has 0 aromatic heterocycles. The molecule has 1 unspecified atom stereocenters. The molecule has 2 bridgehead atoms. The molecule has 1 aromatic rings. The predicted molar refractivity (Wildman–Crippen MR) is 67.9 cm³/mol. The molecular weight excluding hydrogens is 228 g/mol. The van der Waals surface area contributed by atoms with Crippen molar-refractivity contribution in [3.05, 3.63) is 41.5 Å². The van der Waals surface area contributed by atoms with E-state index in [0.29, 0.717) is 0 Å². The van der Waals surface area contributed by atoms with Gasteiger partial charge in [0.2, 0.25) is 0 Å². The highest BCUT2D eigenvalue weighted by atomic mass is 16.5. The van der Waals surface area contributed by atoms with Gasteiger partial charge in [-0.1, -0.05) is 30.3 Å². The van der Waals surface area contributed by atoms with Gasteiger partial charge in [0.25, 0.3) is 0 Å². The number of esters is 1. The van der Waals surface area contributed by atoms with Crippen molar-refractivity contribution in [1.82, 2.24) is 0 Å². The van der Waals surface area contributed by atoms with E-state index in [1.54, 1.807) is 0 Å². The Morgan fingerprint density at radius 2 is 2.06 bits per heavy atom. The van der Waals surface area contributed by atoms with Crippen LogP contribution >= 0.6 is 0 Å². The lowest BCUT2D eigenvalue weighted by atomic mass is 9.92. The third-order valence-corrected chi connectivity index (χ3v) is 3.71. The van der Waals surface area contributed by atoms with Gasteiger partial charge in [-0.3, -0.25) is 0 Å². The molecule has 3 nitrogen and oxygen atoms in total. The molecule has 0 saturated carbocycles. The topological polar surface area (TPSA) is 35.5 Å². The second-order valence-corrected chi connectivity index (χ2v) is 4.78. The first-order valence-corrected chi connectivity index (χ1v) is 6.32. The normalized spacial score (nSPS) is 26.3. The minimum atomic E-state index is -0.251. The van der Waals surface area contributed by atoms with Crippen LogP contribution in [0.2, 0.25) is 0 Å². The molecule has 2 aliphatic rings. The first kappa shape index (κ1) is 11.5. The van der Waals surface area contributed by atoms with Crippen molar-refractivity contribution in [2.45, 2.75) is 31.5 Å². The van der Waals surface area contributed by atoms with Gasteiger partial charge < -0.3 is 9.47 Å². The molecule has 2 aliphatic heterocycles. The zero-order valence-corrected chi connectivity index (χ0v) is 10.4. The van der Waals surface area contributed by atoms with Crippen LogP contribution in [0.4, 0.5) is 0 Å². The fourth-order valence-corrected chi connectivity index (χ4v) is 2.88. The van der Waals surface area contributed by atoms with Crippen molar-refractivity contribution in [3.8, 4) is 0 Å². The van der Waals surface area contributed by atoms with Crippen molar-refractivity contribution >= 4 is 11.5 Å². The van der Waals surface area contributed by atoms with Crippen molar-refractivity contribution in [1.29, 1.82) is 0 Å².